The summed E-state index contributed by atoms with van der Waals surface area (Å²) >= 11 is 0. The van der Waals surface area contributed by atoms with Gasteiger partial charge in [0.1, 0.15) is 0 Å². The van der Waals surface area contributed by atoms with Crippen molar-refractivity contribution in [3.05, 3.63) is 29.3 Å². The zero-order valence-corrected chi connectivity index (χ0v) is 17.2. The van der Waals surface area contributed by atoms with Crippen LogP contribution in [0, 0.1) is 6.92 Å². The lowest BCUT2D eigenvalue weighted by Crippen LogP contribution is -2.38. The predicted molar refractivity (Wildman–Crippen MR) is 106 cm³/mol. The molecule has 2 aromatic heterocycles. The standard InChI is InChI=1S/C20H29N7O2/c1-3-25-12-17(14(2)23-25)20(29)27-10-6-9-16(27)11-26-13-18(22-24-26)19(28)21-15-7-4-5-8-15/h12-13,15-16H,3-11H2,1-2H3,(H,21,28)/t16-/m0/s1. The smallest absolute Gasteiger partial charge is 0.273 e. The molecule has 0 radical (unpaired) electrons. The van der Waals surface area contributed by atoms with Crippen LogP contribution in [0.1, 0.15) is 72.0 Å². The molecule has 2 amide bonds. The molecule has 29 heavy (non-hydrogen) atoms. The molecule has 0 spiro atoms. The predicted octanol–water partition coefficient (Wildman–Crippen LogP) is 1.78. The number of aromatic nitrogens is 5. The first-order chi connectivity index (χ1) is 14.0. The van der Waals surface area contributed by atoms with Gasteiger partial charge in [-0.25, -0.2) is 4.68 Å². The van der Waals surface area contributed by atoms with E-state index in [1.165, 1.54) is 12.8 Å². The fraction of sp³-hybridized carbons (Fsp3) is 0.650. The number of likely N-dealkylation sites (tertiary alicyclic amines) is 1. The molecule has 3 heterocycles. The van der Waals surface area contributed by atoms with Gasteiger partial charge in [-0.15, -0.1) is 5.10 Å². The third-order valence-electron chi connectivity index (χ3n) is 6.00. The van der Waals surface area contributed by atoms with E-state index in [4.69, 9.17) is 0 Å². The number of hydrogen-bond donors (Lipinski definition) is 1. The number of carbonyl (C=O) groups is 2. The van der Waals surface area contributed by atoms with Crippen molar-refractivity contribution in [1.82, 2.24) is 35.0 Å². The van der Waals surface area contributed by atoms with E-state index in [1.54, 1.807) is 15.6 Å². The summed E-state index contributed by atoms with van der Waals surface area (Å²) < 4.78 is 3.47. The first kappa shape index (κ1) is 19.6. The highest BCUT2D eigenvalue weighted by atomic mass is 16.2. The Labute approximate surface area is 170 Å². The fourth-order valence-corrected chi connectivity index (χ4v) is 4.37. The quantitative estimate of drug-likeness (QED) is 0.798. The third-order valence-corrected chi connectivity index (χ3v) is 6.00. The second-order valence-corrected chi connectivity index (χ2v) is 8.06. The lowest BCUT2D eigenvalue weighted by molar-refractivity contribution is 0.0720. The lowest BCUT2D eigenvalue weighted by atomic mass is 10.2. The molecule has 2 aromatic rings. The number of rotatable bonds is 6. The molecule has 1 aliphatic heterocycles. The topological polar surface area (TPSA) is 97.9 Å². The van der Waals surface area contributed by atoms with Crippen LogP contribution in [0.15, 0.2) is 12.4 Å². The van der Waals surface area contributed by atoms with Gasteiger partial charge in [-0.1, -0.05) is 18.1 Å². The van der Waals surface area contributed by atoms with Crippen molar-refractivity contribution >= 4 is 11.8 Å². The number of nitrogens with one attached hydrogen (secondary N) is 1. The Morgan fingerprint density at radius 3 is 2.66 bits per heavy atom. The molecule has 1 aliphatic carbocycles. The number of carbonyl (C=O) groups excluding carboxylic acids is 2. The van der Waals surface area contributed by atoms with Crippen molar-refractivity contribution in [3.63, 3.8) is 0 Å². The summed E-state index contributed by atoms with van der Waals surface area (Å²) in [7, 11) is 0. The molecular weight excluding hydrogens is 370 g/mol. The van der Waals surface area contributed by atoms with Crippen molar-refractivity contribution in [2.75, 3.05) is 6.54 Å². The first-order valence-corrected chi connectivity index (χ1v) is 10.6. The van der Waals surface area contributed by atoms with Crippen LogP contribution in [-0.4, -0.2) is 60.1 Å². The van der Waals surface area contributed by atoms with Crippen LogP contribution in [0.25, 0.3) is 0 Å². The average molecular weight is 399 g/mol. The summed E-state index contributed by atoms with van der Waals surface area (Å²) in [5.74, 6) is -0.144. The largest absolute Gasteiger partial charge is 0.348 e. The Morgan fingerprint density at radius 1 is 1.14 bits per heavy atom. The molecular formula is C20H29N7O2. The van der Waals surface area contributed by atoms with E-state index in [1.807, 2.05) is 24.9 Å². The summed E-state index contributed by atoms with van der Waals surface area (Å²) in [4.78, 5) is 27.4. The van der Waals surface area contributed by atoms with Gasteiger partial charge < -0.3 is 10.2 Å². The van der Waals surface area contributed by atoms with E-state index in [0.29, 0.717) is 17.8 Å². The molecule has 2 aliphatic rings. The highest BCUT2D eigenvalue weighted by molar-refractivity contribution is 5.95. The van der Waals surface area contributed by atoms with Gasteiger partial charge in [-0.3, -0.25) is 14.3 Å². The summed E-state index contributed by atoms with van der Waals surface area (Å²) in [6, 6.07) is 0.294. The lowest BCUT2D eigenvalue weighted by Gasteiger charge is -2.24. The second-order valence-electron chi connectivity index (χ2n) is 8.06. The first-order valence-electron chi connectivity index (χ1n) is 10.6. The van der Waals surface area contributed by atoms with Crippen molar-refractivity contribution in [2.45, 2.75) is 77.5 Å². The van der Waals surface area contributed by atoms with Crippen LogP contribution >= 0.6 is 0 Å². The Bertz CT molecular complexity index is 881. The van der Waals surface area contributed by atoms with Gasteiger partial charge in [0.2, 0.25) is 0 Å². The molecule has 9 heteroatoms. The van der Waals surface area contributed by atoms with E-state index in [-0.39, 0.29) is 23.9 Å². The van der Waals surface area contributed by atoms with Gasteiger partial charge in [0, 0.05) is 25.3 Å². The van der Waals surface area contributed by atoms with E-state index in [0.717, 1.165) is 44.5 Å². The molecule has 1 atom stereocenters. The van der Waals surface area contributed by atoms with Gasteiger partial charge in [0.05, 0.1) is 30.0 Å². The van der Waals surface area contributed by atoms with Gasteiger partial charge in [0.15, 0.2) is 5.69 Å². The summed E-state index contributed by atoms with van der Waals surface area (Å²) in [6.45, 7) is 5.88. The summed E-state index contributed by atoms with van der Waals surface area (Å²) in [5.41, 5.74) is 1.76. The summed E-state index contributed by atoms with van der Waals surface area (Å²) in [6.07, 6.45) is 9.79. The van der Waals surface area contributed by atoms with E-state index >= 15 is 0 Å². The van der Waals surface area contributed by atoms with Gasteiger partial charge in [-0.2, -0.15) is 5.10 Å². The maximum Gasteiger partial charge on any atom is 0.273 e. The van der Waals surface area contributed by atoms with Crippen molar-refractivity contribution in [1.29, 1.82) is 0 Å². The monoisotopic (exact) mass is 399 g/mol. The molecule has 156 valence electrons. The molecule has 1 N–H and O–H groups in total. The average Bonchev–Trinajstić information content (AvgIpc) is 3.49. The number of nitrogens with zero attached hydrogens (tertiary/aromatic N) is 6. The number of hydrogen-bond acceptors (Lipinski definition) is 5. The Kier molecular flexibility index (Phi) is 5.64. The Morgan fingerprint density at radius 2 is 1.93 bits per heavy atom. The number of aryl methyl sites for hydroxylation is 2. The van der Waals surface area contributed by atoms with E-state index in [9.17, 15) is 9.59 Å². The molecule has 1 saturated heterocycles. The number of amides is 2. The van der Waals surface area contributed by atoms with Gasteiger partial charge >= 0.3 is 0 Å². The molecule has 2 fully saturated rings. The highest BCUT2D eigenvalue weighted by Gasteiger charge is 2.32. The van der Waals surface area contributed by atoms with Crippen LogP contribution in [0.5, 0.6) is 0 Å². The van der Waals surface area contributed by atoms with E-state index in [2.05, 4.69) is 20.7 Å². The van der Waals surface area contributed by atoms with Crippen LogP contribution in [0.2, 0.25) is 0 Å². The molecule has 1 saturated carbocycles. The van der Waals surface area contributed by atoms with Crippen molar-refractivity contribution < 1.29 is 9.59 Å². The van der Waals surface area contributed by atoms with Crippen LogP contribution < -0.4 is 5.32 Å². The minimum Gasteiger partial charge on any atom is -0.348 e. The summed E-state index contributed by atoms with van der Waals surface area (Å²) in [5, 5.41) is 15.6. The second kappa shape index (κ2) is 8.34. The van der Waals surface area contributed by atoms with Gasteiger partial charge in [-0.05, 0) is 39.5 Å². The zero-order chi connectivity index (χ0) is 20.4. The normalized spacial score (nSPS) is 19.8. The maximum absolute atomic E-state index is 13.1. The highest BCUT2D eigenvalue weighted by Crippen LogP contribution is 2.23. The Hall–Kier alpha value is -2.71. The van der Waals surface area contributed by atoms with E-state index < -0.39 is 0 Å². The van der Waals surface area contributed by atoms with Gasteiger partial charge in [0.25, 0.3) is 11.8 Å². The van der Waals surface area contributed by atoms with Crippen LogP contribution in [0.3, 0.4) is 0 Å². The molecule has 9 nitrogen and oxygen atoms in total. The van der Waals surface area contributed by atoms with Crippen molar-refractivity contribution in [2.24, 2.45) is 0 Å². The van der Waals surface area contributed by atoms with Crippen LogP contribution in [-0.2, 0) is 13.1 Å². The fourth-order valence-electron chi connectivity index (χ4n) is 4.37. The minimum atomic E-state index is -0.162. The zero-order valence-electron chi connectivity index (χ0n) is 17.2. The molecule has 0 bridgehead atoms. The Balaban J connectivity index is 1.40. The maximum atomic E-state index is 13.1. The molecule has 4 rings (SSSR count). The SMILES string of the molecule is CCn1cc(C(=O)N2CCC[C@H]2Cn2cc(C(=O)NC3CCCC3)nn2)c(C)n1. The molecule has 0 aromatic carbocycles. The minimum absolute atomic E-state index is 0.0176. The van der Waals surface area contributed by atoms with Crippen molar-refractivity contribution in [3.8, 4) is 0 Å². The third kappa shape index (κ3) is 4.18. The van der Waals surface area contributed by atoms with Crippen LogP contribution in [0.4, 0.5) is 0 Å². The molecule has 0 unspecified atom stereocenters.